The van der Waals surface area contributed by atoms with E-state index in [-0.39, 0.29) is 5.60 Å². The summed E-state index contributed by atoms with van der Waals surface area (Å²) in [4.78, 5) is 0. The van der Waals surface area contributed by atoms with Crippen LogP contribution in [0.15, 0.2) is 0 Å². The fraction of sp³-hybridized carbons (Fsp3) is 1.00. The molecule has 0 amide bonds. The molecule has 3 unspecified atom stereocenters. The van der Waals surface area contributed by atoms with Crippen LogP contribution in [0, 0.1) is 17.8 Å². The van der Waals surface area contributed by atoms with E-state index < -0.39 is 0 Å². The molecule has 2 nitrogen and oxygen atoms in total. The monoisotopic (exact) mass is 237 g/mol. The zero-order chi connectivity index (χ0) is 11.9. The molecular formula is C15H27NO. The van der Waals surface area contributed by atoms with Gasteiger partial charge in [0.2, 0.25) is 0 Å². The Kier molecular flexibility index (Phi) is 3.20. The van der Waals surface area contributed by atoms with Crippen LogP contribution in [0.4, 0.5) is 0 Å². The molecule has 0 aliphatic heterocycles. The van der Waals surface area contributed by atoms with Gasteiger partial charge >= 0.3 is 0 Å². The number of nitrogens with one attached hydrogen (secondary N) is 1. The van der Waals surface area contributed by atoms with Crippen molar-refractivity contribution < 1.29 is 5.11 Å². The topological polar surface area (TPSA) is 32.3 Å². The van der Waals surface area contributed by atoms with Crippen LogP contribution in [-0.4, -0.2) is 23.8 Å². The van der Waals surface area contributed by atoms with Crippen molar-refractivity contribution in [3.05, 3.63) is 0 Å². The molecule has 98 valence electrons. The van der Waals surface area contributed by atoms with Crippen LogP contribution in [0.1, 0.15) is 57.8 Å². The van der Waals surface area contributed by atoms with E-state index >= 15 is 0 Å². The number of fused-ring (bicyclic) bond motifs is 2. The Balaban J connectivity index is 1.54. The zero-order valence-electron chi connectivity index (χ0n) is 11.1. The molecule has 2 heteroatoms. The largest absolute Gasteiger partial charge is 0.390 e. The molecule has 0 aromatic carbocycles. The molecule has 0 aromatic rings. The summed E-state index contributed by atoms with van der Waals surface area (Å²) in [6.45, 7) is 0. The Morgan fingerprint density at radius 2 is 1.88 bits per heavy atom. The highest BCUT2D eigenvalue weighted by Crippen LogP contribution is 2.52. The third-order valence-electron chi connectivity index (χ3n) is 5.85. The summed E-state index contributed by atoms with van der Waals surface area (Å²) in [5.74, 6) is 2.83. The third kappa shape index (κ3) is 2.39. The summed E-state index contributed by atoms with van der Waals surface area (Å²) in [7, 11) is 2.05. The molecule has 17 heavy (non-hydrogen) atoms. The van der Waals surface area contributed by atoms with E-state index in [1.165, 1.54) is 25.7 Å². The quantitative estimate of drug-likeness (QED) is 0.791. The van der Waals surface area contributed by atoms with E-state index in [0.717, 1.165) is 49.9 Å². The molecule has 0 saturated heterocycles. The van der Waals surface area contributed by atoms with E-state index in [4.69, 9.17) is 0 Å². The highest BCUT2D eigenvalue weighted by Gasteiger charge is 2.44. The van der Waals surface area contributed by atoms with E-state index in [0.29, 0.717) is 6.04 Å². The molecule has 3 rings (SSSR count). The maximum absolute atomic E-state index is 10.7. The van der Waals surface area contributed by atoms with Crippen molar-refractivity contribution >= 4 is 0 Å². The van der Waals surface area contributed by atoms with Crippen molar-refractivity contribution in [2.75, 3.05) is 7.05 Å². The van der Waals surface area contributed by atoms with Crippen molar-refractivity contribution in [2.24, 2.45) is 17.8 Å². The van der Waals surface area contributed by atoms with Crippen molar-refractivity contribution in [3.63, 3.8) is 0 Å². The first-order chi connectivity index (χ1) is 8.18. The number of aliphatic hydroxyl groups is 1. The number of hydrogen-bond acceptors (Lipinski definition) is 2. The maximum Gasteiger partial charge on any atom is 0.0651 e. The lowest BCUT2D eigenvalue weighted by atomic mass is 9.73. The Morgan fingerprint density at radius 1 is 1.12 bits per heavy atom. The highest BCUT2D eigenvalue weighted by molar-refractivity contribution is 4.96. The van der Waals surface area contributed by atoms with Gasteiger partial charge in [-0.05, 0) is 76.2 Å². The minimum absolute atomic E-state index is 0.317. The number of rotatable bonds is 3. The molecule has 0 heterocycles. The van der Waals surface area contributed by atoms with E-state index in [1.807, 2.05) is 7.05 Å². The van der Waals surface area contributed by atoms with Crippen LogP contribution < -0.4 is 5.32 Å². The lowest BCUT2D eigenvalue weighted by Gasteiger charge is -2.39. The second kappa shape index (κ2) is 4.55. The van der Waals surface area contributed by atoms with Gasteiger partial charge in [0, 0.05) is 6.04 Å². The van der Waals surface area contributed by atoms with E-state index in [2.05, 4.69) is 5.32 Å². The SMILES string of the molecule is CNC1CCC(O)(CC2CC3CCC2C3)CC1. The Hall–Kier alpha value is -0.0800. The summed E-state index contributed by atoms with van der Waals surface area (Å²) in [6.07, 6.45) is 11.3. The van der Waals surface area contributed by atoms with Crippen molar-refractivity contribution in [2.45, 2.75) is 69.4 Å². The third-order valence-corrected chi connectivity index (χ3v) is 5.85. The first-order valence-electron chi connectivity index (χ1n) is 7.58. The Labute approximate surface area is 105 Å². The molecule has 3 aliphatic rings. The molecule has 0 spiro atoms. The van der Waals surface area contributed by atoms with Gasteiger partial charge in [-0.3, -0.25) is 0 Å². The van der Waals surface area contributed by atoms with Gasteiger partial charge in [0.1, 0.15) is 0 Å². The molecule has 3 fully saturated rings. The minimum atomic E-state index is -0.317. The van der Waals surface area contributed by atoms with Crippen LogP contribution in [-0.2, 0) is 0 Å². The van der Waals surface area contributed by atoms with Crippen LogP contribution in [0.2, 0.25) is 0 Å². The van der Waals surface area contributed by atoms with Gasteiger partial charge < -0.3 is 10.4 Å². The summed E-state index contributed by atoms with van der Waals surface area (Å²) in [5.41, 5.74) is -0.317. The molecule has 2 bridgehead atoms. The molecule has 3 saturated carbocycles. The van der Waals surface area contributed by atoms with Gasteiger partial charge in [-0.2, -0.15) is 0 Å². The molecular weight excluding hydrogens is 210 g/mol. The lowest BCUT2D eigenvalue weighted by molar-refractivity contribution is -0.0297. The molecule has 2 N–H and O–H groups in total. The van der Waals surface area contributed by atoms with Gasteiger partial charge in [-0.25, -0.2) is 0 Å². The average Bonchev–Trinajstić information content (AvgIpc) is 2.91. The Bertz CT molecular complexity index is 270. The average molecular weight is 237 g/mol. The summed E-state index contributed by atoms with van der Waals surface area (Å²) < 4.78 is 0. The first-order valence-corrected chi connectivity index (χ1v) is 7.58. The summed E-state index contributed by atoms with van der Waals surface area (Å²) in [6, 6.07) is 0.648. The summed E-state index contributed by atoms with van der Waals surface area (Å²) >= 11 is 0. The van der Waals surface area contributed by atoms with Crippen molar-refractivity contribution in [1.82, 2.24) is 5.32 Å². The fourth-order valence-corrected chi connectivity index (χ4v) is 4.76. The maximum atomic E-state index is 10.7. The normalized spacial score (nSPS) is 49.8. The standard InChI is InChI=1S/C15H27NO/c1-16-14-4-6-15(17,7-5-14)10-13-9-11-2-3-12(13)8-11/h11-14,16-17H,2-10H2,1H3. The minimum Gasteiger partial charge on any atom is -0.390 e. The zero-order valence-corrected chi connectivity index (χ0v) is 11.1. The molecule has 0 radical (unpaired) electrons. The van der Waals surface area contributed by atoms with Gasteiger partial charge in [0.25, 0.3) is 0 Å². The summed E-state index contributed by atoms with van der Waals surface area (Å²) in [5, 5.41) is 14.1. The molecule has 3 atom stereocenters. The number of hydrogen-bond donors (Lipinski definition) is 2. The van der Waals surface area contributed by atoms with Crippen LogP contribution in [0.25, 0.3) is 0 Å². The van der Waals surface area contributed by atoms with Crippen molar-refractivity contribution in [1.29, 1.82) is 0 Å². The van der Waals surface area contributed by atoms with E-state index in [1.54, 1.807) is 0 Å². The molecule has 3 aliphatic carbocycles. The highest BCUT2D eigenvalue weighted by atomic mass is 16.3. The van der Waals surface area contributed by atoms with Gasteiger partial charge in [-0.1, -0.05) is 6.42 Å². The Morgan fingerprint density at radius 3 is 2.41 bits per heavy atom. The van der Waals surface area contributed by atoms with Gasteiger partial charge in [0.15, 0.2) is 0 Å². The first kappa shape index (κ1) is 12.0. The van der Waals surface area contributed by atoms with Gasteiger partial charge in [-0.15, -0.1) is 0 Å². The fourth-order valence-electron chi connectivity index (χ4n) is 4.76. The van der Waals surface area contributed by atoms with Crippen molar-refractivity contribution in [3.8, 4) is 0 Å². The molecule has 0 aromatic heterocycles. The predicted octanol–water partition coefficient (Wildman–Crippen LogP) is 2.71. The lowest BCUT2D eigenvalue weighted by Crippen LogP contribution is -2.41. The van der Waals surface area contributed by atoms with Crippen LogP contribution >= 0.6 is 0 Å². The predicted molar refractivity (Wildman–Crippen MR) is 69.8 cm³/mol. The van der Waals surface area contributed by atoms with Crippen LogP contribution in [0.5, 0.6) is 0 Å². The van der Waals surface area contributed by atoms with E-state index in [9.17, 15) is 5.11 Å². The smallest absolute Gasteiger partial charge is 0.0651 e. The second-order valence-electron chi connectivity index (χ2n) is 6.93. The van der Waals surface area contributed by atoms with Gasteiger partial charge in [0.05, 0.1) is 5.60 Å². The van der Waals surface area contributed by atoms with Crippen LogP contribution in [0.3, 0.4) is 0 Å². The second-order valence-corrected chi connectivity index (χ2v) is 6.93.